The van der Waals surface area contributed by atoms with E-state index in [0.29, 0.717) is 37.9 Å². The van der Waals surface area contributed by atoms with Crippen LogP contribution in [0.25, 0.3) is 11.4 Å². The second-order valence-electron chi connectivity index (χ2n) is 6.91. The smallest absolute Gasteiger partial charge is 0.416 e. The topological polar surface area (TPSA) is 95.6 Å². The van der Waals surface area contributed by atoms with Gasteiger partial charge >= 0.3 is 6.18 Å². The Hall–Kier alpha value is -3.25. The Kier molecular flexibility index (Phi) is 6.51. The van der Waals surface area contributed by atoms with Crippen molar-refractivity contribution in [3.8, 4) is 17.3 Å². The van der Waals surface area contributed by atoms with Gasteiger partial charge in [-0.3, -0.25) is 0 Å². The van der Waals surface area contributed by atoms with E-state index in [9.17, 15) is 13.2 Å². The van der Waals surface area contributed by atoms with Crippen LogP contribution in [-0.4, -0.2) is 53.5 Å². The largest absolute Gasteiger partial charge is 0.467 e. The maximum Gasteiger partial charge on any atom is 0.416 e. The van der Waals surface area contributed by atoms with Crippen molar-refractivity contribution in [2.75, 3.05) is 38.3 Å². The quantitative estimate of drug-likeness (QED) is 0.537. The third-order valence-corrected chi connectivity index (χ3v) is 4.59. The molecule has 1 aliphatic rings. The Morgan fingerprint density at radius 2 is 1.88 bits per heavy atom. The molecular weight excluding hydrogens is 431 g/mol. The fraction of sp³-hybridized carbons (Fsp3) is 0.400. The summed E-state index contributed by atoms with van der Waals surface area (Å²) in [4.78, 5) is 15.0. The Balaban J connectivity index is 1.48. The van der Waals surface area contributed by atoms with Crippen LogP contribution in [-0.2, 0) is 28.9 Å². The Morgan fingerprint density at radius 1 is 1.06 bits per heavy atom. The molecule has 4 rings (SSSR count). The van der Waals surface area contributed by atoms with Gasteiger partial charge in [-0.25, -0.2) is 4.98 Å². The van der Waals surface area contributed by atoms with Crippen molar-refractivity contribution in [2.24, 2.45) is 0 Å². The molecular formula is C20H20F3N5O4. The molecule has 1 saturated heterocycles. The third kappa shape index (κ3) is 5.32. The highest BCUT2D eigenvalue weighted by atomic mass is 19.4. The monoisotopic (exact) mass is 451 g/mol. The zero-order chi connectivity index (χ0) is 22.6. The van der Waals surface area contributed by atoms with Crippen molar-refractivity contribution in [3.63, 3.8) is 0 Å². The lowest BCUT2D eigenvalue weighted by Crippen LogP contribution is -2.37. The van der Waals surface area contributed by atoms with E-state index in [4.69, 9.17) is 18.7 Å². The molecule has 0 radical (unpaired) electrons. The molecule has 12 heteroatoms. The van der Waals surface area contributed by atoms with E-state index in [1.807, 2.05) is 4.90 Å². The standard InChI is InChI=1S/C20H20F3N5O4/c1-29-11-15-10-16(26-19(24-15)28-5-7-30-8-6-28)31-12-17-25-18(27-32-17)13-3-2-4-14(9-13)20(21,22)23/h2-4,9-10H,5-8,11-12H2,1H3. The summed E-state index contributed by atoms with van der Waals surface area (Å²) in [5.74, 6) is 0.907. The van der Waals surface area contributed by atoms with Crippen molar-refractivity contribution in [2.45, 2.75) is 19.4 Å². The van der Waals surface area contributed by atoms with Crippen molar-refractivity contribution < 1.29 is 31.9 Å². The Bertz CT molecular complexity index is 1050. The first kappa shape index (κ1) is 22.0. The first-order valence-electron chi connectivity index (χ1n) is 9.75. The van der Waals surface area contributed by atoms with Gasteiger partial charge in [0.2, 0.25) is 17.7 Å². The molecule has 0 bridgehead atoms. The van der Waals surface area contributed by atoms with Gasteiger partial charge in [0.15, 0.2) is 6.61 Å². The van der Waals surface area contributed by atoms with E-state index in [1.54, 1.807) is 13.2 Å². The van der Waals surface area contributed by atoms with E-state index in [1.165, 1.54) is 12.1 Å². The zero-order valence-electron chi connectivity index (χ0n) is 17.1. The van der Waals surface area contributed by atoms with Crippen LogP contribution < -0.4 is 9.64 Å². The minimum Gasteiger partial charge on any atom is -0.467 e. The van der Waals surface area contributed by atoms with Crippen molar-refractivity contribution in [1.29, 1.82) is 0 Å². The fourth-order valence-corrected chi connectivity index (χ4v) is 3.06. The van der Waals surface area contributed by atoms with Gasteiger partial charge in [-0.2, -0.15) is 23.1 Å². The molecule has 0 unspecified atom stereocenters. The Labute approximate surface area is 181 Å². The Morgan fingerprint density at radius 3 is 2.62 bits per heavy atom. The lowest BCUT2D eigenvalue weighted by atomic mass is 10.1. The molecule has 0 N–H and O–H groups in total. The molecule has 1 aromatic carbocycles. The van der Waals surface area contributed by atoms with Gasteiger partial charge < -0.3 is 23.6 Å². The first-order valence-corrected chi connectivity index (χ1v) is 9.75. The number of morpholine rings is 1. The molecule has 0 atom stereocenters. The molecule has 1 fully saturated rings. The van der Waals surface area contributed by atoms with Gasteiger partial charge in [-0.15, -0.1) is 0 Å². The number of hydrogen-bond acceptors (Lipinski definition) is 9. The first-order chi connectivity index (χ1) is 15.4. The number of alkyl halides is 3. The van der Waals surface area contributed by atoms with E-state index in [-0.39, 0.29) is 36.4 Å². The highest BCUT2D eigenvalue weighted by Gasteiger charge is 2.30. The maximum atomic E-state index is 12.9. The van der Waals surface area contributed by atoms with Crippen molar-refractivity contribution in [1.82, 2.24) is 20.1 Å². The second-order valence-corrected chi connectivity index (χ2v) is 6.91. The molecule has 1 aliphatic heterocycles. The number of rotatable bonds is 7. The number of halogens is 3. The highest BCUT2D eigenvalue weighted by Crippen LogP contribution is 2.31. The predicted octanol–water partition coefficient (Wildman–Crippen LogP) is 3.11. The van der Waals surface area contributed by atoms with Crippen LogP contribution in [0, 0.1) is 0 Å². The van der Waals surface area contributed by atoms with Crippen LogP contribution in [0.2, 0.25) is 0 Å². The van der Waals surface area contributed by atoms with E-state index >= 15 is 0 Å². The number of benzene rings is 1. The molecule has 0 saturated carbocycles. The summed E-state index contributed by atoms with van der Waals surface area (Å²) >= 11 is 0. The summed E-state index contributed by atoms with van der Waals surface area (Å²) in [6, 6.07) is 6.34. The summed E-state index contributed by atoms with van der Waals surface area (Å²) in [6.07, 6.45) is -4.46. The fourth-order valence-electron chi connectivity index (χ4n) is 3.06. The minimum absolute atomic E-state index is 0.0338. The SMILES string of the molecule is COCc1cc(OCc2nc(-c3cccc(C(F)(F)F)c3)no2)nc(N2CCOCC2)n1. The average molecular weight is 451 g/mol. The van der Waals surface area contributed by atoms with Gasteiger partial charge in [0, 0.05) is 31.8 Å². The van der Waals surface area contributed by atoms with Crippen LogP contribution in [0.1, 0.15) is 17.1 Å². The summed E-state index contributed by atoms with van der Waals surface area (Å²) in [6.45, 7) is 2.62. The molecule has 2 aromatic heterocycles. The lowest BCUT2D eigenvalue weighted by Gasteiger charge is -2.27. The molecule has 0 aliphatic carbocycles. The minimum atomic E-state index is -4.46. The molecule has 0 amide bonds. The number of anilines is 1. The third-order valence-electron chi connectivity index (χ3n) is 4.59. The van der Waals surface area contributed by atoms with Gasteiger partial charge in [-0.1, -0.05) is 17.3 Å². The molecule has 170 valence electrons. The number of methoxy groups -OCH3 is 1. The zero-order valence-corrected chi connectivity index (χ0v) is 17.1. The molecule has 3 heterocycles. The summed E-state index contributed by atoms with van der Waals surface area (Å²) in [5.41, 5.74) is 0.0305. The van der Waals surface area contributed by atoms with Crippen LogP contribution in [0.3, 0.4) is 0 Å². The average Bonchev–Trinajstić information content (AvgIpc) is 3.27. The van der Waals surface area contributed by atoms with E-state index in [0.717, 1.165) is 12.1 Å². The number of nitrogens with zero attached hydrogens (tertiary/aromatic N) is 5. The predicted molar refractivity (Wildman–Crippen MR) is 105 cm³/mol. The van der Waals surface area contributed by atoms with Gasteiger partial charge in [0.05, 0.1) is 31.1 Å². The van der Waals surface area contributed by atoms with Gasteiger partial charge in [0.1, 0.15) is 0 Å². The second kappa shape index (κ2) is 9.49. The van der Waals surface area contributed by atoms with Crippen LogP contribution in [0.15, 0.2) is 34.9 Å². The highest BCUT2D eigenvalue weighted by molar-refractivity contribution is 5.55. The van der Waals surface area contributed by atoms with Crippen molar-refractivity contribution in [3.05, 3.63) is 47.5 Å². The van der Waals surface area contributed by atoms with Crippen molar-refractivity contribution >= 4 is 5.95 Å². The molecule has 3 aromatic rings. The number of aromatic nitrogens is 4. The maximum absolute atomic E-state index is 12.9. The molecule has 9 nitrogen and oxygen atoms in total. The number of ether oxygens (including phenoxy) is 3. The summed E-state index contributed by atoms with van der Waals surface area (Å²) in [5, 5.41) is 3.75. The van der Waals surface area contributed by atoms with E-state index in [2.05, 4.69) is 20.1 Å². The molecule has 32 heavy (non-hydrogen) atoms. The van der Waals surface area contributed by atoms with Crippen LogP contribution >= 0.6 is 0 Å². The van der Waals surface area contributed by atoms with Gasteiger partial charge in [0.25, 0.3) is 5.89 Å². The van der Waals surface area contributed by atoms with Gasteiger partial charge in [-0.05, 0) is 12.1 Å². The van der Waals surface area contributed by atoms with E-state index < -0.39 is 11.7 Å². The molecule has 0 spiro atoms. The van der Waals surface area contributed by atoms with Crippen LogP contribution in [0.5, 0.6) is 5.88 Å². The normalized spacial score (nSPS) is 14.6. The summed E-state index contributed by atoms with van der Waals surface area (Å²) < 4.78 is 60.2. The number of hydrogen-bond donors (Lipinski definition) is 0. The lowest BCUT2D eigenvalue weighted by molar-refractivity contribution is -0.137. The summed E-state index contributed by atoms with van der Waals surface area (Å²) in [7, 11) is 1.56. The van der Waals surface area contributed by atoms with Crippen LogP contribution in [0.4, 0.5) is 19.1 Å².